The Morgan fingerprint density at radius 2 is 1.96 bits per heavy atom. The highest BCUT2D eigenvalue weighted by atomic mass is 35.5. The molecule has 2 N–H and O–H groups in total. The summed E-state index contributed by atoms with van der Waals surface area (Å²) in [4.78, 5) is 26.0. The maximum absolute atomic E-state index is 14.7. The number of anilines is 1. The number of hydrogen-bond donors (Lipinski definition) is 2. The third-order valence-corrected chi connectivity index (χ3v) is 5.17. The molecule has 2 heterocycles. The Kier molecular flexibility index (Phi) is 3.92. The van der Waals surface area contributed by atoms with Crippen molar-refractivity contribution in [3.8, 4) is 0 Å². The van der Waals surface area contributed by atoms with Gasteiger partial charge in [-0.25, -0.2) is 9.18 Å². The van der Waals surface area contributed by atoms with Crippen molar-refractivity contribution >= 4 is 34.2 Å². The lowest BCUT2D eigenvalue weighted by Crippen LogP contribution is -2.43. The number of rotatable bonds is 3. The van der Waals surface area contributed by atoms with E-state index < -0.39 is 22.8 Å². The molecule has 0 amide bonds. The smallest absolute Gasteiger partial charge is 0.342 e. The number of carboxylic acids is 1. The zero-order chi connectivity index (χ0) is 17.7. The molecule has 1 saturated heterocycles. The van der Waals surface area contributed by atoms with Crippen LogP contribution >= 0.6 is 11.6 Å². The molecule has 8 heteroatoms. The van der Waals surface area contributed by atoms with Crippen molar-refractivity contribution in [3.63, 3.8) is 0 Å². The molecule has 1 aromatic heterocycles. The number of halogens is 2. The molecule has 1 aromatic carbocycles. The summed E-state index contributed by atoms with van der Waals surface area (Å²) < 4.78 is 16.3. The van der Waals surface area contributed by atoms with Crippen molar-refractivity contribution in [2.24, 2.45) is 0 Å². The molecule has 6 nitrogen and oxygen atoms in total. The molecule has 0 bridgehead atoms. The number of carboxylic acid groups (broad SMARTS) is 1. The van der Waals surface area contributed by atoms with Crippen molar-refractivity contribution < 1.29 is 14.3 Å². The molecule has 132 valence electrons. The van der Waals surface area contributed by atoms with Crippen LogP contribution < -0.4 is 15.6 Å². The molecule has 1 aliphatic heterocycles. The minimum atomic E-state index is -1.39. The van der Waals surface area contributed by atoms with Crippen LogP contribution in [-0.4, -0.2) is 41.8 Å². The normalized spacial score (nSPS) is 17.9. The third kappa shape index (κ3) is 2.67. The molecule has 2 aliphatic rings. The SMILES string of the molecule is O=C(O)c1c(Cl)n(C2CC2)c2cc(N3CCNCC3)c(F)cc2c1=O. The summed E-state index contributed by atoms with van der Waals surface area (Å²) in [5.41, 5.74) is -0.315. The Labute approximate surface area is 147 Å². The van der Waals surface area contributed by atoms with E-state index in [1.165, 1.54) is 0 Å². The van der Waals surface area contributed by atoms with E-state index in [-0.39, 0.29) is 16.6 Å². The molecule has 2 aromatic rings. The van der Waals surface area contributed by atoms with E-state index >= 15 is 0 Å². The van der Waals surface area contributed by atoms with Crippen molar-refractivity contribution in [3.05, 3.63) is 38.9 Å². The lowest BCUT2D eigenvalue weighted by molar-refractivity contribution is 0.0695. The molecule has 4 rings (SSSR count). The Bertz CT molecular complexity index is 933. The van der Waals surface area contributed by atoms with Crippen LogP contribution in [0.3, 0.4) is 0 Å². The average molecular weight is 366 g/mol. The summed E-state index contributed by atoms with van der Waals surface area (Å²) in [5.74, 6) is -1.91. The number of nitrogens with zero attached hydrogens (tertiary/aromatic N) is 2. The van der Waals surface area contributed by atoms with E-state index in [0.717, 1.165) is 32.0 Å². The number of piperazine rings is 1. The predicted octanol–water partition coefficient (Wildman–Crippen LogP) is 2.24. The van der Waals surface area contributed by atoms with Crippen LogP contribution in [0.4, 0.5) is 10.1 Å². The molecule has 25 heavy (non-hydrogen) atoms. The second kappa shape index (κ2) is 6.00. The molecule has 0 unspecified atom stereocenters. The summed E-state index contributed by atoms with van der Waals surface area (Å²) in [5, 5.41) is 12.5. The van der Waals surface area contributed by atoms with E-state index in [1.807, 2.05) is 4.90 Å². The van der Waals surface area contributed by atoms with Crippen molar-refractivity contribution in [1.29, 1.82) is 0 Å². The van der Waals surface area contributed by atoms with Gasteiger partial charge in [-0.1, -0.05) is 11.6 Å². The van der Waals surface area contributed by atoms with Crippen LogP contribution in [0.1, 0.15) is 29.2 Å². The lowest BCUT2D eigenvalue weighted by Gasteiger charge is -2.30. The van der Waals surface area contributed by atoms with Crippen LogP contribution in [-0.2, 0) is 0 Å². The van der Waals surface area contributed by atoms with Gasteiger partial charge in [0.1, 0.15) is 16.5 Å². The Morgan fingerprint density at radius 3 is 2.56 bits per heavy atom. The number of aromatic carboxylic acids is 1. The van der Waals surface area contributed by atoms with Gasteiger partial charge in [-0.05, 0) is 25.0 Å². The van der Waals surface area contributed by atoms with Gasteiger partial charge in [0.15, 0.2) is 0 Å². The third-order valence-electron chi connectivity index (χ3n) is 4.80. The van der Waals surface area contributed by atoms with Gasteiger partial charge in [-0.15, -0.1) is 0 Å². The minimum Gasteiger partial charge on any atom is -0.477 e. The monoisotopic (exact) mass is 365 g/mol. The number of pyridine rings is 1. The second-order valence-corrected chi connectivity index (χ2v) is 6.82. The standard InChI is InChI=1S/C17H17ClFN3O3/c18-16-14(17(24)25)15(23)10-7-11(19)13(21-5-3-20-4-6-21)8-12(10)22(16)9-1-2-9/h7-9,20H,1-6H2,(H,24,25). The van der Waals surface area contributed by atoms with Gasteiger partial charge in [-0.2, -0.15) is 0 Å². The fourth-order valence-electron chi connectivity index (χ4n) is 3.41. The Hall–Kier alpha value is -2.12. The van der Waals surface area contributed by atoms with E-state index in [9.17, 15) is 19.1 Å². The van der Waals surface area contributed by atoms with Gasteiger partial charge in [-0.3, -0.25) is 4.79 Å². The maximum Gasteiger partial charge on any atom is 0.342 e. The van der Waals surface area contributed by atoms with Crippen molar-refractivity contribution in [2.75, 3.05) is 31.1 Å². The van der Waals surface area contributed by atoms with Gasteiger partial charge in [0.05, 0.1) is 11.2 Å². The van der Waals surface area contributed by atoms with E-state index in [2.05, 4.69) is 5.32 Å². The molecule has 1 saturated carbocycles. The van der Waals surface area contributed by atoms with Crippen LogP contribution in [0.25, 0.3) is 10.9 Å². The zero-order valence-electron chi connectivity index (χ0n) is 13.4. The van der Waals surface area contributed by atoms with Gasteiger partial charge in [0.25, 0.3) is 0 Å². The number of nitrogens with one attached hydrogen (secondary N) is 1. The predicted molar refractivity (Wildman–Crippen MR) is 93.5 cm³/mol. The molecular formula is C17H17ClFN3O3. The van der Waals surface area contributed by atoms with Crippen molar-refractivity contribution in [1.82, 2.24) is 9.88 Å². The molecule has 0 spiro atoms. The first-order valence-corrected chi connectivity index (χ1v) is 8.63. The summed E-state index contributed by atoms with van der Waals surface area (Å²) in [7, 11) is 0. The van der Waals surface area contributed by atoms with E-state index in [0.29, 0.717) is 24.3 Å². The second-order valence-electron chi connectivity index (χ2n) is 6.46. The Morgan fingerprint density at radius 1 is 1.28 bits per heavy atom. The number of hydrogen-bond acceptors (Lipinski definition) is 4. The van der Waals surface area contributed by atoms with Gasteiger partial charge in [0.2, 0.25) is 5.43 Å². The maximum atomic E-state index is 14.7. The summed E-state index contributed by atoms with van der Waals surface area (Å²) in [6, 6.07) is 2.83. The molecule has 0 radical (unpaired) electrons. The first-order chi connectivity index (χ1) is 12.0. The van der Waals surface area contributed by atoms with Crippen molar-refractivity contribution in [2.45, 2.75) is 18.9 Å². The molecule has 0 atom stereocenters. The largest absolute Gasteiger partial charge is 0.477 e. The lowest BCUT2D eigenvalue weighted by atomic mass is 10.1. The molecule has 1 aliphatic carbocycles. The van der Waals surface area contributed by atoms with Gasteiger partial charge < -0.3 is 19.9 Å². The first kappa shape index (κ1) is 16.4. The minimum absolute atomic E-state index is 0.0510. The fraction of sp³-hybridized carbons (Fsp3) is 0.412. The van der Waals surface area contributed by atoms with E-state index in [4.69, 9.17) is 11.6 Å². The van der Waals surface area contributed by atoms with Crippen LogP contribution in [0.2, 0.25) is 5.15 Å². The van der Waals surface area contributed by atoms with E-state index in [1.54, 1.807) is 10.6 Å². The number of fused-ring (bicyclic) bond motifs is 1. The summed E-state index contributed by atoms with van der Waals surface area (Å²) in [6.45, 7) is 2.84. The summed E-state index contributed by atoms with van der Waals surface area (Å²) >= 11 is 6.27. The number of benzene rings is 1. The molecular weight excluding hydrogens is 349 g/mol. The topological polar surface area (TPSA) is 74.6 Å². The van der Waals surface area contributed by atoms with Crippen LogP contribution in [0.5, 0.6) is 0 Å². The number of aromatic nitrogens is 1. The van der Waals surface area contributed by atoms with Crippen LogP contribution in [0, 0.1) is 5.82 Å². The van der Waals surface area contributed by atoms with Gasteiger partial charge >= 0.3 is 5.97 Å². The van der Waals surface area contributed by atoms with Gasteiger partial charge in [0, 0.05) is 37.6 Å². The highest BCUT2D eigenvalue weighted by Crippen LogP contribution is 2.41. The average Bonchev–Trinajstić information content (AvgIpc) is 3.40. The van der Waals surface area contributed by atoms with Crippen LogP contribution in [0.15, 0.2) is 16.9 Å². The highest BCUT2D eigenvalue weighted by Gasteiger charge is 2.31. The Balaban J connectivity index is 2.00. The quantitative estimate of drug-likeness (QED) is 0.816. The molecule has 2 fully saturated rings. The zero-order valence-corrected chi connectivity index (χ0v) is 14.1. The number of carbonyl (C=O) groups is 1. The fourth-order valence-corrected chi connectivity index (χ4v) is 3.81. The first-order valence-electron chi connectivity index (χ1n) is 8.25. The summed E-state index contributed by atoms with van der Waals surface area (Å²) in [6.07, 6.45) is 1.72. The highest BCUT2D eigenvalue weighted by molar-refractivity contribution is 6.33.